The van der Waals surface area contributed by atoms with E-state index < -0.39 is 0 Å². The molecule has 0 heterocycles. The molecule has 0 amide bonds. The van der Waals surface area contributed by atoms with Crippen molar-refractivity contribution in [2.45, 2.75) is 52.4 Å². The van der Waals surface area contributed by atoms with Gasteiger partial charge in [-0.2, -0.15) is 0 Å². The summed E-state index contributed by atoms with van der Waals surface area (Å²) in [5.74, 6) is 2.85. The lowest BCUT2D eigenvalue weighted by Gasteiger charge is -2.34. The van der Waals surface area contributed by atoms with Crippen LogP contribution >= 0.6 is 0 Å². The molecule has 1 nitrogen and oxygen atoms in total. The summed E-state index contributed by atoms with van der Waals surface area (Å²) in [6.45, 7) is 5.64. The van der Waals surface area contributed by atoms with E-state index in [4.69, 9.17) is 5.73 Å². The Kier molecular flexibility index (Phi) is 4.79. The zero-order valence-electron chi connectivity index (χ0n) is 9.26. The number of hydrogen-bond acceptors (Lipinski definition) is 1. The molecule has 1 fully saturated rings. The summed E-state index contributed by atoms with van der Waals surface area (Å²) in [6.07, 6.45) is 8.45. The quantitative estimate of drug-likeness (QED) is 0.711. The van der Waals surface area contributed by atoms with E-state index in [9.17, 15) is 0 Å². The number of rotatable bonds is 4. The lowest BCUT2D eigenvalue weighted by atomic mass is 9.72. The van der Waals surface area contributed by atoms with E-state index >= 15 is 0 Å². The van der Waals surface area contributed by atoms with Gasteiger partial charge in [-0.15, -0.1) is 0 Å². The standard InChI is InChI=1S/C12H25N/c1-10(2)12-8-4-3-6-11(12)7-5-9-13/h10-12H,3-9,13H2,1-2H3. The highest BCUT2D eigenvalue weighted by Gasteiger charge is 2.26. The van der Waals surface area contributed by atoms with Gasteiger partial charge in [0.1, 0.15) is 0 Å². The van der Waals surface area contributed by atoms with Gasteiger partial charge < -0.3 is 5.73 Å². The zero-order chi connectivity index (χ0) is 9.68. The third kappa shape index (κ3) is 3.30. The molecule has 13 heavy (non-hydrogen) atoms. The van der Waals surface area contributed by atoms with Crippen molar-refractivity contribution < 1.29 is 0 Å². The predicted molar refractivity (Wildman–Crippen MR) is 58.6 cm³/mol. The Hall–Kier alpha value is -0.0400. The van der Waals surface area contributed by atoms with Crippen molar-refractivity contribution in [3.05, 3.63) is 0 Å². The SMILES string of the molecule is CC(C)C1CCCCC1CCCN. The number of nitrogens with two attached hydrogens (primary N) is 1. The second kappa shape index (κ2) is 5.64. The summed E-state index contributed by atoms with van der Waals surface area (Å²) >= 11 is 0. The Labute approximate surface area is 83.1 Å². The van der Waals surface area contributed by atoms with Gasteiger partial charge in [0.05, 0.1) is 0 Å². The minimum absolute atomic E-state index is 0.876. The second-order valence-electron chi connectivity index (χ2n) is 4.88. The highest BCUT2D eigenvalue weighted by molar-refractivity contribution is 4.77. The first-order valence-corrected chi connectivity index (χ1v) is 5.95. The maximum absolute atomic E-state index is 5.57. The third-order valence-corrected chi connectivity index (χ3v) is 3.60. The normalized spacial score (nSPS) is 29.5. The summed E-state index contributed by atoms with van der Waals surface area (Å²) in [5.41, 5.74) is 5.57. The molecular formula is C12H25N. The molecule has 1 aliphatic rings. The van der Waals surface area contributed by atoms with Crippen molar-refractivity contribution in [3.63, 3.8) is 0 Å². The van der Waals surface area contributed by atoms with E-state index in [1.54, 1.807) is 0 Å². The first kappa shape index (κ1) is 11.0. The molecule has 1 aliphatic carbocycles. The molecule has 1 saturated carbocycles. The maximum atomic E-state index is 5.57. The molecule has 0 bridgehead atoms. The van der Waals surface area contributed by atoms with Crippen LogP contribution in [0.5, 0.6) is 0 Å². The van der Waals surface area contributed by atoms with Crippen molar-refractivity contribution >= 4 is 0 Å². The summed E-state index contributed by atoms with van der Waals surface area (Å²) in [6, 6.07) is 0. The largest absolute Gasteiger partial charge is 0.330 e. The van der Waals surface area contributed by atoms with Crippen molar-refractivity contribution in [1.29, 1.82) is 0 Å². The zero-order valence-corrected chi connectivity index (χ0v) is 9.26. The molecular weight excluding hydrogens is 158 g/mol. The smallest absolute Gasteiger partial charge is 0.00772 e. The highest BCUT2D eigenvalue weighted by Crippen LogP contribution is 2.37. The fraction of sp³-hybridized carbons (Fsp3) is 1.00. The first-order chi connectivity index (χ1) is 6.25. The summed E-state index contributed by atoms with van der Waals surface area (Å²) in [7, 11) is 0. The van der Waals surface area contributed by atoms with Gasteiger partial charge in [0.25, 0.3) is 0 Å². The van der Waals surface area contributed by atoms with Crippen LogP contribution in [0.1, 0.15) is 52.4 Å². The maximum Gasteiger partial charge on any atom is -0.00772 e. The monoisotopic (exact) mass is 183 g/mol. The Morgan fingerprint density at radius 3 is 2.54 bits per heavy atom. The van der Waals surface area contributed by atoms with Crippen molar-refractivity contribution in [2.24, 2.45) is 23.5 Å². The van der Waals surface area contributed by atoms with E-state index in [-0.39, 0.29) is 0 Å². The molecule has 0 saturated heterocycles. The third-order valence-electron chi connectivity index (χ3n) is 3.60. The average molecular weight is 183 g/mol. The Morgan fingerprint density at radius 1 is 1.23 bits per heavy atom. The molecule has 0 aromatic rings. The minimum Gasteiger partial charge on any atom is -0.330 e. The molecule has 0 aromatic carbocycles. The molecule has 0 aliphatic heterocycles. The van der Waals surface area contributed by atoms with Crippen molar-refractivity contribution in [3.8, 4) is 0 Å². The van der Waals surface area contributed by atoms with Gasteiger partial charge in [-0.1, -0.05) is 33.1 Å². The van der Waals surface area contributed by atoms with Gasteiger partial charge in [-0.3, -0.25) is 0 Å². The van der Waals surface area contributed by atoms with Gasteiger partial charge in [-0.25, -0.2) is 0 Å². The van der Waals surface area contributed by atoms with E-state index in [0.717, 1.165) is 24.3 Å². The lowest BCUT2D eigenvalue weighted by Crippen LogP contribution is -2.24. The van der Waals surface area contributed by atoms with Gasteiger partial charge >= 0.3 is 0 Å². The van der Waals surface area contributed by atoms with E-state index in [1.807, 2.05) is 0 Å². The Balaban J connectivity index is 2.37. The van der Waals surface area contributed by atoms with Crippen molar-refractivity contribution in [1.82, 2.24) is 0 Å². The molecule has 2 unspecified atom stereocenters. The van der Waals surface area contributed by atoms with Crippen LogP contribution in [0.3, 0.4) is 0 Å². The summed E-state index contributed by atoms with van der Waals surface area (Å²) in [5, 5.41) is 0. The minimum atomic E-state index is 0.876. The van der Waals surface area contributed by atoms with Gasteiger partial charge in [0.15, 0.2) is 0 Å². The summed E-state index contributed by atoms with van der Waals surface area (Å²) < 4.78 is 0. The predicted octanol–water partition coefficient (Wildman–Crippen LogP) is 3.19. The molecule has 0 radical (unpaired) electrons. The first-order valence-electron chi connectivity index (χ1n) is 5.95. The lowest BCUT2D eigenvalue weighted by molar-refractivity contribution is 0.169. The molecule has 0 aromatic heterocycles. The Bertz CT molecular complexity index is 131. The fourth-order valence-corrected chi connectivity index (χ4v) is 2.85. The van der Waals surface area contributed by atoms with Crippen LogP contribution in [0.4, 0.5) is 0 Å². The van der Waals surface area contributed by atoms with Gasteiger partial charge in [-0.05, 0) is 43.6 Å². The molecule has 1 heteroatoms. The summed E-state index contributed by atoms with van der Waals surface area (Å²) in [4.78, 5) is 0. The molecule has 2 atom stereocenters. The van der Waals surface area contributed by atoms with Crippen LogP contribution in [-0.4, -0.2) is 6.54 Å². The topological polar surface area (TPSA) is 26.0 Å². The second-order valence-corrected chi connectivity index (χ2v) is 4.88. The molecule has 78 valence electrons. The fourth-order valence-electron chi connectivity index (χ4n) is 2.85. The van der Waals surface area contributed by atoms with E-state index in [2.05, 4.69) is 13.8 Å². The number of hydrogen-bond donors (Lipinski definition) is 1. The molecule has 0 spiro atoms. The average Bonchev–Trinajstić information content (AvgIpc) is 2.15. The van der Waals surface area contributed by atoms with E-state index in [0.29, 0.717) is 0 Å². The molecule has 2 N–H and O–H groups in total. The van der Waals surface area contributed by atoms with Crippen LogP contribution in [0.2, 0.25) is 0 Å². The van der Waals surface area contributed by atoms with Gasteiger partial charge in [0, 0.05) is 0 Å². The van der Waals surface area contributed by atoms with Crippen LogP contribution < -0.4 is 5.73 Å². The van der Waals surface area contributed by atoms with E-state index in [1.165, 1.54) is 38.5 Å². The van der Waals surface area contributed by atoms with Crippen LogP contribution in [0.15, 0.2) is 0 Å². The van der Waals surface area contributed by atoms with Gasteiger partial charge in [0.2, 0.25) is 0 Å². The molecule has 1 rings (SSSR count). The highest BCUT2D eigenvalue weighted by atomic mass is 14.5. The van der Waals surface area contributed by atoms with Crippen LogP contribution in [-0.2, 0) is 0 Å². The Morgan fingerprint density at radius 2 is 1.92 bits per heavy atom. The van der Waals surface area contributed by atoms with Crippen molar-refractivity contribution in [2.75, 3.05) is 6.54 Å². The van der Waals surface area contributed by atoms with Crippen LogP contribution in [0, 0.1) is 17.8 Å². The van der Waals surface area contributed by atoms with Crippen LogP contribution in [0.25, 0.3) is 0 Å².